The zero-order valence-corrected chi connectivity index (χ0v) is 12.5. The molecule has 0 aliphatic heterocycles. The van der Waals surface area contributed by atoms with Gasteiger partial charge in [-0.3, -0.25) is 0 Å². The Bertz CT molecular complexity index is 543. The van der Waals surface area contributed by atoms with E-state index in [-0.39, 0.29) is 0 Å². The highest BCUT2D eigenvalue weighted by Crippen LogP contribution is 2.17. The fraction of sp³-hybridized carbons (Fsp3) is 0.375. The number of alkyl halides is 1. The van der Waals surface area contributed by atoms with Gasteiger partial charge in [-0.1, -0.05) is 25.5 Å². The number of halogens is 1. The fourth-order valence-electron chi connectivity index (χ4n) is 2.08. The molecule has 0 fully saturated rings. The van der Waals surface area contributed by atoms with Gasteiger partial charge in [0.1, 0.15) is 12.1 Å². The van der Waals surface area contributed by atoms with Gasteiger partial charge in [0, 0.05) is 23.3 Å². The maximum absolute atomic E-state index is 5.74. The summed E-state index contributed by atoms with van der Waals surface area (Å²) >= 11 is 5.74. The fourth-order valence-corrected chi connectivity index (χ4v) is 2.22. The van der Waals surface area contributed by atoms with E-state index in [4.69, 9.17) is 11.6 Å². The van der Waals surface area contributed by atoms with Crippen LogP contribution in [0.15, 0.2) is 36.7 Å². The molecular weight excluding hydrogens is 270 g/mol. The lowest BCUT2D eigenvalue weighted by Gasteiger charge is -2.08. The van der Waals surface area contributed by atoms with Crippen LogP contribution in [-0.2, 0) is 12.8 Å². The standard InChI is InChI=1S/C16H20ClN3/c1-2-5-14-11-16(19-12-18-14)20-15-8-3-6-13(10-15)7-4-9-17/h3,6,8,10-12H,2,4-5,7,9H2,1H3,(H,18,19,20). The minimum atomic E-state index is 0.698. The summed E-state index contributed by atoms with van der Waals surface area (Å²) in [5, 5.41) is 3.34. The largest absolute Gasteiger partial charge is 0.340 e. The first-order valence-electron chi connectivity index (χ1n) is 7.04. The lowest BCUT2D eigenvalue weighted by molar-refractivity contribution is 0.873. The van der Waals surface area contributed by atoms with Crippen molar-refractivity contribution in [1.82, 2.24) is 9.97 Å². The molecule has 0 saturated carbocycles. The molecule has 0 aliphatic carbocycles. The van der Waals surface area contributed by atoms with E-state index in [0.29, 0.717) is 5.88 Å². The van der Waals surface area contributed by atoms with E-state index in [1.807, 2.05) is 12.1 Å². The number of nitrogens with zero attached hydrogens (tertiary/aromatic N) is 2. The molecule has 0 aliphatic rings. The quantitative estimate of drug-likeness (QED) is 0.770. The van der Waals surface area contributed by atoms with Gasteiger partial charge in [0.15, 0.2) is 0 Å². The van der Waals surface area contributed by atoms with Crippen LogP contribution in [0.2, 0.25) is 0 Å². The van der Waals surface area contributed by atoms with Gasteiger partial charge in [-0.2, -0.15) is 0 Å². The van der Waals surface area contributed by atoms with E-state index >= 15 is 0 Å². The second-order valence-corrected chi connectivity index (χ2v) is 5.14. The van der Waals surface area contributed by atoms with Crippen LogP contribution in [-0.4, -0.2) is 15.8 Å². The molecule has 20 heavy (non-hydrogen) atoms. The first kappa shape index (κ1) is 14.8. The SMILES string of the molecule is CCCc1cc(Nc2cccc(CCCCl)c2)ncn1. The van der Waals surface area contributed by atoms with Crippen molar-refractivity contribution in [1.29, 1.82) is 0 Å². The van der Waals surface area contributed by atoms with Crippen molar-refractivity contribution >= 4 is 23.1 Å². The second kappa shape index (κ2) is 7.85. The third-order valence-corrected chi connectivity index (χ3v) is 3.30. The highest BCUT2D eigenvalue weighted by molar-refractivity contribution is 6.17. The Morgan fingerprint density at radius 1 is 1.15 bits per heavy atom. The van der Waals surface area contributed by atoms with Gasteiger partial charge in [-0.05, 0) is 37.0 Å². The molecule has 4 heteroatoms. The molecular formula is C16H20ClN3. The summed E-state index contributed by atoms with van der Waals surface area (Å²) in [5.41, 5.74) is 3.42. The lowest BCUT2D eigenvalue weighted by Crippen LogP contribution is -1.98. The van der Waals surface area contributed by atoms with Gasteiger partial charge < -0.3 is 5.32 Å². The highest BCUT2D eigenvalue weighted by Gasteiger charge is 2.00. The van der Waals surface area contributed by atoms with Crippen LogP contribution in [0.3, 0.4) is 0 Å². The van der Waals surface area contributed by atoms with Gasteiger partial charge in [0.25, 0.3) is 0 Å². The number of anilines is 2. The summed E-state index contributed by atoms with van der Waals surface area (Å²) in [5.74, 6) is 1.54. The molecule has 3 nitrogen and oxygen atoms in total. The monoisotopic (exact) mass is 289 g/mol. The minimum Gasteiger partial charge on any atom is -0.340 e. The predicted octanol–water partition coefficient (Wildman–Crippen LogP) is 4.34. The van der Waals surface area contributed by atoms with E-state index in [1.54, 1.807) is 6.33 Å². The molecule has 0 unspecified atom stereocenters. The average Bonchev–Trinajstić information content (AvgIpc) is 2.46. The summed E-state index contributed by atoms with van der Waals surface area (Å²) in [6.45, 7) is 2.15. The average molecular weight is 290 g/mol. The maximum atomic E-state index is 5.74. The second-order valence-electron chi connectivity index (χ2n) is 4.76. The van der Waals surface area contributed by atoms with Gasteiger partial charge in [0.05, 0.1) is 0 Å². The van der Waals surface area contributed by atoms with Crippen LogP contribution in [0.25, 0.3) is 0 Å². The van der Waals surface area contributed by atoms with Crippen LogP contribution >= 0.6 is 11.6 Å². The third kappa shape index (κ3) is 4.49. The summed E-state index contributed by atoms with van der Waals surface area (Å²) in [4.78, 5) is 8.53. The Balaban J connectivity index is 2.07. The van der Waals surface area contributed by atoms with Crippen LogP contribution in [0, 0.1) is 0 Å². The number of benzene rings is 1. The van der Waals surface area contributed by atoms with E-state index in [2.05, 4.69) is 40.4 Å². The Hall–Kier alpha value is -1.61. The van der Waals surface area contributed by atoms with Crippen molar-refractivity contribution < 1.29 is 0 Å². The number of hydrogen-bond donors (Lipinski definition) is 1. The Labute approximate surface area is 125 Å². The van der Waals surface area contributed by atoms with Crippen molar-refractivity contribution in [2.24, 2.45) is 0 Å². The van der Waals surface area contributed by atoms with Gasteiger partial charge in [-0.25, -0.2) is 9.97 Å². The molecule has 1 aromatic carbocycles. The summed E-state index contributed by atoms with van der Waals surface area (Å²) in [7, 11) is 0. The number of hydrogen-bond acceptors (Lipinski definition) is 3. The lowest BCUT2D eigenvalue weighted by atomic mass is 10.1. The minimum absolute atomic E-state index is 0.698. The molecule has 1 N–H and O–H groups in total. The van der Waals surface area contributed by atoms with Crippen LogP contribution in [0.5, 0.6) is 0 Å². The number of nitrogens with one attached hydrogen (secondary N) is 1. The topological polar surface area (TPSA) is 37.8 Å². The molecule has 1 aromatic heterocycles. The molecule has 2 aromatic rings. The molecule has 0 bridgehead atoms. The zero-order chi connectivity index (χ0) is 14.2. The van der Waals surface area contributed by atoms with Crippen LogP contribution in [0.4, 0.5) is 11.5 Å². The third-order valence-electron chi connectivity index (χ3n) is 3.03. The highest BCUT2D eigenvalue weighted by atomic mass is 35.5. The molecule has 0 spiro atoms. The molecule has 0 amide bonds. The smallest absolute Gasteiger partial charge is 0.133 e. The number of rotatable bonds is 7. The molecule has 0 saturated heterocycles. The Morgan fingerprint density at radius 2 is 2.05 bits per heavy atom. The van der Waals surface area contributed by atoms with Crippen LogP contribution in [0.1, 0.15) is 31.0 Å². The van der Waals surface area contributed by atoms with Crippen LogP contribution < -0.4 is 5.32 Å². The van der Waals surface area contributed by atoms with E-state index in [0.717, 1.165) is 42.9 Å². The Morgan fingerprint density at radius 3 is 2.85 bits per heavy atom. The molecule has 0 radical (unpaired) electrons. The first-order valence-corrected chi connectivity index (χ1v) is 7.58. The van der Waals surface area contributed by atoms with Gasteiger partial charge in [-0.15, -0.1) is 11.6 Å². The zero-order valence-electron chi connectivity index (χ0n) is 11.8. The summed E-state index contributed by atoms with van der Waals surface area (Å²) in [6, 6.07) is 10.4. The Kier molecular flexibility index (Phi) is 5.81. The van der Waals surface area contributed by atoms with Crippen molar-refractivity contribution in [2.45, 2.75) is 32.6 Å². The molecule has 0 atom stereocenters. The van der Waals surface area contributed by atoms with Crippen molar-refractivity contribution in [3.63, 3.8) is 0 Å². The van der Waals surface area contributed by atoms with Gasteiger partial charge in [0.2, 0.25) is 0 Å². The first-order chi connectivity index (χ1) is 9.81. The summed E-state index contributed by atoms with van der Waals surface area (Å²) in [6.07, 6.45) is 5.69. The van der Waals surface area contributed by atoms with E-state index < -0.39 is 0 Å². The summed E-state index contributed by atoms with van der Waals surface area (Å²) < 4.78 is 0. The number of aromatic nitrogens is 2. The molecule has 2 rings (SSSR count). The van der Waals surface area contributed by atoms with Crippen molar-refractivity contribution in [2.75, 3.05) is 11.2 Å². The van der Waals surface area contributed by atoms with Crippen molar-refractivity contribution in [3.8, 4) is 0 Å². The van der Waals surface area contributed by atoms with E-state index in [1.165, 1.54) is 5.56 Å². The maximum Gasteiger partial charge on any atom is 0.133 e. The van der Waals surface area contributed by atoms with Crippen molar-refractivity contribution in [3.05, 3.63) is 47.9 Å². The van der Waals surface area contributed by atoms with Gasteiger partial charge >= 0.3 is 0 Å². The molecule has 1 heterocycles. The normalized spacial score (nSPS) is 10.5. The molecule has 106 valence electrons. The predicted molar refractivity (Wildman–Crippen MR) is 84.8 cm³/mol. The van der Waals surface area contributed by atoms with E-state index in [9.17, 15) is 0 Å². The number of aryl methyl sites for hydroxylation is 2.